The van der Waals surface area contributed by atoms with Gasteiger partial charge in [0.15, 0.2) is 0 Å². The quantitative estimate of drug-likeness (QED) is 0.649. The lowest BCUT2D eigenvalue weighted by atomic mass is 10.1. The number of nitriles is 1. The van der Waals surface area contributed by atoms with Gasteiger partial charge in [-0.15, -0.1) is 0 Å². The minimum atomic E-state index is -4.23. The predicted molar refractivity (Wildman–Crippen MR) is 41.0 cm³/mol. The van der Waals surface area contributed by atoms with Crippen molar-refractivity contribution in [3.8, 4) is 6.07 Å². The van der Waals surface area contributed by atoms with E-state index in [1.165, 1.54) is 0 Å². The van der Waals surface area contributed by atoms with Crippen LogP contribution in [-0.4, -0.2) is 30.1 Å². The lowest BCUT2D eigenvalue weighted by Crippen LogP contribution is -2.31. The summed E-state index contributed by atoms with van der Waals surface area (Å²) in [7, 11) is 0. The molecule has 1 aliphatic heterocycles. The Morgan fingerprint density at radius 2 is 2.21 bits per heavy atom. The molecule has 3 nitrogen and oxygen atoms in total. The second-order valence-corrected chi connectivity index (χ2v) is 3.20. The van der Waals surface area contributed by atoms with E-state index in [0.29, 0.717) is 0 Å². The number of likely N-dealkylation sites (tertiary alicyclic amines) is 1. The molecule has 0 aromatic rings. The second-order valence-electron chi connectivity index (χ2n) is 3.20. The van der Waals surface area contributed by atoms with E-state index in [1.807, 2.05) is 0 Å². The summed E-state index contributed by atoms with van der Waals surface area (Å²) in [4.78, 5) is 12.2. The van der Waals surface area contributed by atoms with Gasteiger partial charge in [0.25, 0.3) is 0 Å². The Balaban J connectivity index is 2.50. The number of amides is 1. The number of nitrogens with zero attached hydrogens (tertiary/aromatic N) is 2. The summed E-state index contributed by atoms with van der Waals surface area (Å²) in [5.41, 5.74) is 0. The van der Waals surface area contributed by atoms with Crippen molar-refractivity contribution >= 4 is 5.91 Å². The molecule has 0 bridgehead atoms. The van der Waals surface area contributed by atoms with Crippen molar-refractivity contribution in [2.75, 3.05) is 13.1 Å². The van der Waals surface area contributed by atoms with E-state index in [0.717, 1.165) is 4.90 Å². The minimum absolute atomic E-state index is 0.0549. The summed E-state index contributed by atoms with van der Waals surface area (Å²) in [5, 5.41) is 8.20. The maximum absolute atomic E-state index is 12.2. The molecule has 1 saturated heterocycles. The van der Waals surface area contributed by atoms with E-state index in [-0.39, 0.29) is 25.9 Å². The molecule has 1 aliphatic rings. The Labute approximate surface area is 79.1 Å². The highest BCUT2D eigenvalue weighted by Crippen LogP contribution is 2.33. The Morgan fingerprint density at radius 1 is 1.57 bits per heavy atom. The molecule has 0 radical (unpaired) electrons. The molecule has 0 unspecified atom stereocenters. The van der Waals surface area contributed by atoms with Gasteiger partial charge in [-0.05, 0) is 6.42 Å². The fourth-order valence-corrected chi connectivity index (χ4v) is 1.43. The van der Waals surface area contributed by atoms with Crippen molar-refractivity contribution in [2.24, 2.45) is 5.92 Å². The van der Waals surface area contributed by atoms with E-state index in [2.05, 4.69) is 0 Å². The fraction of sp³-hybridized carbons (Fsp3) is 0.750. The van der Waals surface area contributed by atoms with Gasteiger partial charge in [-0.25, -0.2) is 0 Å². The largest absolute Gasteiger partial charge is 0.393 e. The van der Waals surface area contributed by atoms with Crippen LogP contribution in [0.15, 0.2) is 0 Å². The topological polar surface area (TPSA) is 44.1 Å². The van der Waals surface area contributed by atoms with E-state index in [1.54, 1.807) is 6.07 Å². The number of halogens is 3. The predicted octanol–water partition coefficient (Wildman–Crippen LogP) is 1.31. The summed E-state index contributed by atoms with van der Waals surface area (Å²) in [6.07, 6.45) is -4.63. The van der Waals surface area contributed by atoms with Crippen LogP contribution in [0.5, 0.6) is 0 Å². The van der Waals surface area contributed by atoms with Crippen LogP contribution in [0, 0.1) is 17.2 Å². The molecule has 6 heteroatoms. The second kappa shape index (κ2) is 3.86. The van der Waals surface area contributed by atoms with Crippen LogP contribution in [0.1, 0.15) is 12.8 Å². The highest BCUT2D eigenvalue weighted by Gasteiger charge is 2.44. The molecule has 0 aromatic heterocycles. The average molecular weight is 206 g/mol. The van der Waals surface area contributed by atoms with E-state index >= 15 is 0 Å². The maximum Gasteiger partial charge on any atom is 0.393 e. The highest BCUT2D eigenvalue weighted by atomic mass is 19.4. The normalized spacial score (nSPS) is 22.1. The Hall–Kier alpha value is -1.25. The first-order valence-corrected chi connectivity index (χ1v) is 4.16. The lowest BCUT2D eigenvalue weighted by molar-refractivity contribution is -0.171. The van der Waals surface area contributed by atoms with Crippen LogP contribution in [0.2, 0.25) is 0 Å². The molecule has 0 aromatic carbocycles. The SMILES string of the molecule is N#CCC(=O)N1CC[C@@H](C(F)(F)F)C1. The van der Waals surface area contributed by atoms with E-state index < -0.39 is 18.0 Å². The first-order chi connectivity index (χ1) is 6.45. The number of hydrogen-bond acceptors (Lipinski definition) is 2. The Bertz CT molecular complexity index is 269. The Kier molecular flexibility index (Phi) is 2.99. The number of hydrogen-bond donors (Lipinski definition) is 0. The van der Waals surface area contributed by atoms with Crippen LogP contribution in [-0.2, 0) is 4.79 Å². The van der Waals surface area contributed by atoms with Crippen molar-refractivity contribution in [3.63, 3.8) is 0 Å². The van der Waals surface area contributed by atoms with Gasteiger partial charge in [-0.3, -0.25) is 4.79 Å². The first kappa shape index (κ1) is 10.8. The summed E-state index contributed by atoms with van der Waals surface area (Å²) in [6, 6.07) is 1.63. The molecule has 0 spiro atoms. The lowest BCUT2D eigenvalue weighted by Gasteiger charge is -2.16. The zero-order chi connectivity index (χ0) is 10.8. The van der Waals surface area contributed by atoms with Crippen molar-refractivity contribution in [3.05, 3.63) is 0 Å². The summed E-state index contributed by atoms with van der Waals surface area (Å²) in [5.74, 6) is -1.94. The van der Waals surface area contributed by atoms with Crippen LogP contribution in [0.25, 0.3) is 0 Å². The molecule has 1 atom stereocenters. The van der Waals surface area contributed by atoms with Crippen LogP contribution < -0.4 is 0 Å². The molecule has 14 heavy (non-hydrogen) atoms. The molecule has 0 saturated carbocycles. The molecule has 1 amide bonds. The van der Waals surface area contributed by atoms with Crippen molar-refractivity contribution in [1.29, 1.82) is 5.26 Å². The van der Waals surface area contributed by atoms with Gasteiger partial charge >= 0.3 is 6.18 Å². The van der Waals surface area contributed by atoms with E-state index in [4.69, 9.17) is 5.26 Å². The van der Waals surface area contributed by atoms with Crippen LogP contribution in [0.3, 0.4) is 0 Å². The third-order valence-electron chi connectivity index (χ3n) is 2.23. The zero-order valence-corrected chi connectivity index (χ0v) is 7.34. The fourth-order valence-electron chi connectivity index (χ4n) is 1.43. The standard InChI is InChI=1S/C8H9F3N2O/c9-8(10,11)6-2-4-13(5-6)7(14)1-3-12/h6H,1-2,4-5H2/t6-/m1/s1. The van der Waals surface area contributed by atoms with Crippen molar-refractivity contribution in [2.45, 2.75) is 19.0 Å². The summed E-state index contributed by atoms with van der Waals surface area (Å²) in [6.45, 7) is -0.200. The van der Waals surface area contributed by atoms with Gasteiger partial charge < -0.3 is 4.90 Å². The van der Waals surface area contributed by atoms with Crippen molar-refractivity contribution in [1.82, 2.24) is 4.90 Å². The van der Waals surface area contributed by atoms with Gasteiger partial charge in [0.1, 0.15) is 6.42 Å². The molecule has 1 rings (SSSR count). The van der Waals surface area contributed by atoms with Crippen molar-refractivity contribution < 1.29 is 18.0 Å². The third kappa shape index (κ3) is 2.37. The number of alkyl halides is 3. The monoisotopic (exact) mass is 206 g/mol. The smallest absolute Gasteiger partial charge is 0.341 e. The summed E-state index contributed by atoms with van der Waals surface area (Å²) >= 11 is 0. The molecule has 0 aliphatic carbocycles. The van der Waals surface area contributed by atoms with E-state index in [9.17, 15) is 18.0 Å². The zero-order valence-electron chi connectivity index (χ0n) is 7.34. The van der Waals surface area contributed by atoms with Crippen LogP contribution >= 0.6 is 0 Å². The van der Waals surface area contributed by atoms with Gasteiger partial charge in [0.2, 0.25) is 5.91 Å². The van der Waals surface area contributed by atoms with Gasteiger partial charge in [0, 0.05) is 13.1 Å². The average Bonchev–Trinajstić information content (AvgIpc) is 2.51. The molecule has 78 valence electrons. The minimum Gasteiger partial charge on any atom is -0.341 e. The maximum atomic E-state index is 12.2. The number of carbonyl (C=O) groups is 1. The molecule has 1 heterocycles. The Morgan fingerprint density at radius 3 is 2.64 bits per heavy atom. The molecular formula is C8H9F3N2O. The van der Waals surface area contributed by atoms with Gasteiger partial charge in [-0.2, -0.15) is 18.4 Å². The molecule has 0 N–H and O–H groups in total. The van der Waals surface area contributed by atoms with Gasteiger partial charge in [-0.1, -0.05) is 0 Å². The third-order valence-corrected chi connectivity index (χ3v) is 2.23. The number of carbonyl (C=O) groups excluding carboxylic acids is 1. The first-order valence-electron chi connectivity index (χ1n) is 4.16. The van der Waals surface area contributed by atoms with Crippen LogP contribution in [0.4, 0.5) is 13.2 Å². The molecular weight excluding hydrogens is 197 g/mol. The number of rotatable bonds is 1. The van der Waals surface area contributed by atoms with Gasteiger partial charge in [0.05, 0.1) is 12.0 Å². The summed E-state index contributed by atoms with van der Waals surface area (Å²) < 4.78 is 36.5. The molecule has 1 fully saturated rings. The highest BCUT2D eigenvalue weighted by molar-refractivity contribution is 5.78.